The number of fused-ring (bicyclic) bond motifs is 4. The Balaban J connectivity index is 1.21. The first-order valence-electron chi connectivity index (χ1n) is 16.8. The molecular formula is C48H34. The predicted octanol–water partition coefficient (Wildman–Crippen LogP) is 13.6. The van der Waals surface area contributed by atoms with Crippen LogP contribution in [0.25, 0.3) is 87.6 Å². The van der Waals surface area contributed by atoms with Crippen molar-refractivity contribution in [2.75, 3.05) is 0 Å². The minimum absolute atomic E-state index is 1.25. The molecule has 0 saturated heterocycles. The molecule has 0 atom stereocenters. The van der Waals surface area contributed by atoms with E-state index in [-0.39, 0.29) is 0 Å². The van der Waals surface area contributed by atoms with Gasteiger partial charge in [0.05, 0.1) is 0 Å². The maximum absolute atomic E-state index is 2.38. The van der Waals surface area contributed by atoms with Gasteiger partial charge in [-0.2, -0.15) is 0 Å². The number of benzene rings is 9. The molecule has 0 aliphatic carbocycles. The molecule has 0 aliphatic rings. The van der Waals surface area contributed by atoms with Crippen molar-refractivity contribution in [1.29, 1.82) is 0 Å². The number of rotatable bonds is 4. The van der Waals surface area contributed by atoms with Crippen LogP contribution in [0.15, 0.2) is 170 Å². The highest BCUT2D eigenvalue weighted by Gasteiger charge is 2.18. The largest absolute Gasteiger partial charge is 0.0616 e. The van der Waals surface area contributed by atoms with Crippen molar-refractivity contribution in [3.8, 4) is 44.5 Å². The number of hydrogen-bond donors (Lipinski definition) is 0. The molecule has 0 heteroatoms. The SMILES string of the molecule is Cc1cc(-c2c3ccccc3c(-c3ccc(-c4cccc5ccccc45)c(C)c3)c3ccccc23)ccc1-c1ccc2ccccc2c1. The molecule has 0 N–H and O–H groups in total. The highest BCUT2D eigenvalue weighted by atomic mass is 14.2. The van der Waals surface area contributed by atoms with Crippen LogP contribution in [-0.4, -0.2) is 0 Å². The van der Waals surface area contributed by atoms with Crippen molar-refractivity contribution in [3.63, 3.8) is 0 Å². The van der Waals surface area contributed by atoms with Crippen LogP contribution in [0, 0.1) is 13.8 Å². The molecule has 0 heterocycles. The fourth-order valence-electron chi connectivity index (χ4n) is 7.83. The van der Waals surface area contributed by atoms with E-state index in [1.165, 1.54) is 98.7 Å². The van der Waals surface area contributed by atoms with E-state index < -0.39 is 0 Å². The van der Waals surface area contributed by atoms with E-state index in [1.807, 2.05) is 0 Å². The standard InChI is InChI=1S/C48H34/c1-31-28-37(24-26-39(31)36-23-22-33-12-3-4-14-35(33)30-36)47-43-17-7-9-19-45(43)48(46-20-10-8-18-44(46)47)38-25-27-40(32(2)29-38)42-21-11-15-34-13-5-6-16-41(34)42/h3-30H,1-2H3. The first-order chi connectivity index (χ1) is 23.6. The van der Waals surface area contributed by atoms with Gasteiger partial charge in [-0.1, -0.05) is 164 Å². The Bertz CT molecular complexity index is 2630. The predicted molar refractivity (Wildman–Crippen MR) is 208 cm³/mol. The van der Waals surface area contributed by atoms with Crippen LogP contribution in [0.5, 0.6) is 0 Å². The van der Waals surface area contributed by atoms with Gasteiger partial charge in [0, 0.05) is 0 Å². The Morgan fingerprint density at radius 2 is 0.729 bits per heavy atom. The quantitative estimate of drug-likeness (QED) is 0.174. The van der Waals surface area contributed by atoms with Gasteiger partial charge < -0.3 is 0 Å². The van der Waals surface area contributed by atoms with Crippen LogP contribution in [0.1, 0.15) is 11.1 Å². The van der Waals surface area contributed by atoms with Crippen LogP contribution in [-0.2, 0) is 0 Å². The fourth-order valence-corrected chi connectivity index (χ4v) is 7.83. The molecule has 0 nitrogen and oxygen atoms in total. The Morgan fingerprint density at radius 1 is 0.271 bits per heavy atom. The highest BCUT2D eigenvalue weighted by Crippen LogP contribution is 2.45. The molecule has 226 valence electrons. The second-order valence-corrected chi connectivity index (χ2v) is 13.0. The minimum Gasteiger partial charge on any atom is -0.0616 e. The topological polar surface area (TPSA) is 0 Å². The zero-order valence-corrected chi connectivity index (χ0v) is 27.2. The third kappa shape index (κ3) is 4.61. The zero-order valence-electron chi connectivity index (χ0n) is 27.2. The molecule has 0 bridgehead atoms. The van der Waals surface area contributed by atoms with Crippen LogP contribution in [0.3, 0.4) is 0 Å². The Hall–Kier alpha value is -5.98. The lowest BCUT2D eigenvalue weighted by atomic mass is 9.84. The van der Waals surface area contributed by atoms with Crippen molar-refractivity contribution < 1.29 is 0 Å². The van der Waals surface area contributed by atoms with E-state index in [0.717, 1.165) is 0 Å². The number of hydrogen-bond acceptors (Lipinski definition) is 0. The van der Waals surface area contributed by atoms with Gasteiger partial charge in [0.25, 0.3) is 0 Å². The molecule has 0 amide bonds. The van der Waals surface area contributed by atoms with Gasteiger partial charge in [0.1, 0.15) is 0 Å². The maximum Gasteiger partial charge on any atom is -0.00263 e. The van der Waals surface area contributed by atoms with Crippen molar-refractivity contribution in [3.05, 3.63) is 181 Å². The summed E-state index contributed by atoms with van der Waals surface area (Å²) in [6, 6.07) is 62.6. The molecule has 9 aromatic carbocycles. The lowest BCUT2D eigenvalue weighted by Gasteiger charge is -2.19. The third-order valence-corrected chi connectivity index (χ3v) is 10.1. The smallest absolute Gasteiger partial charge is 0.00263 e. The van der Waals surface area contributed by atoms with E-state index in [1.54, 1.807) is 0 Å². The Kier molecular flexibility index (Phi) is 6.69. The zero-order chi connectivity index (χ0) is 32.2. The first kappa shape index (κ1) is 28.3. The summed E-state index contributed by atoms with van der Waals surface area (Å²) < 4.78 is 0. The van der Waals surface area contributed by atoms with Crippen LogP contribution in [0.4, 0.5) is 0 Å². The molecule has 9 aromatic rings. The average molecular weight is 611 g/mol. The summed E-state index contributed by atoms with van der Waals surface area (Å²) >= 11 is 0. The molecule has 48 heavy (non-hydrogen) atoms. The molecule has 0 unspecified atom stereocenters. The van der Waals surface area contributed by atoms with E-state index in [9.17, 15) is 0 Å². The van der Waals surface area contributed by atoms with Crippen molar-refractivity contribution in [1.82, 2.24) is 0 Å². The normalized spacial score (nSPS) is 11.5. The molecule has 0 spiro atoms. The van der Waals surface area contributed by atoms with E-state index in [2.05, 4.69) is 184 Å². The average Bonchev–Trinajstić information content (AvgIpc) is 3.13. The Labute approximate surface area is 281 Å². The second-order valence-electron chi connectivity index (χ2n) is 13.0. The van der Waals surface area contributed by atoms with E-state index >= 15 is 0 Å². The summed E-state index contributed by atoms with van der Waals surface area (Å²) in [7, 11) is 0. The lowest BCUT2D eigenvalue weighted by molar-refractivity contribution is 1.46. The maximum atomic E-state index is 2.38. The molecular weight excluding hydrogens is 577 g/mol. The molecule has 0 aromatic heterocycles. The highest BCUT2D eigenvalue weighted by molar-refractivity contribution is 6.21. The monoisotopic (exact) mass is 610 g/mol. The molecule has 0 fully saturated rings. The van der Waals surface area contributed by atoms with Crippen molar-refractivity contribution in [2.24, 2.45) is 0 Å². The molecule has 0 saturated carbocycles. The van der Waals surface area contributed by atoms with Gasteiger partial charge in [-0.05, 0) is 119 Å². The van der Waals surface area contributed by atoms with Gasteiger partial charge in [-0.15, -0.1) is 0 Å². The van der Waals surface area contributed by atoms with Gasteiger partial charge in [0.15, 0.2) is 0 Å². The summed E-state index contributed by atoms with van der Waals surface area (Å²) in [6.07, 6.45) is 0. The van der Waals surface area contributed by atoms with E-state index in [4.69, 9.17) is 0 Å². The third-order valence-electron chi connectivity index (χ3n) is 10.1. The molecule has 0 radical (unpaired) electrons. The van der Waals surface area contributed by atoms with Crippen molar-refractivity contribution >= 4 is 43.1 Å². The summed E-state index contributed by atoms with van der Waals surface area (Å²) in [5.41, 5.74) is 12.7. The summed E-state index contributed by atoms with van der Waals surface area (Å²) in [5.74, 6) is 0. The second kappa shape index (κ2) is 11.4. The van der Waals surface area contributed by atoms with Crippen LogP contribution in [0.2, 0.25) is 0 Å². The Morgan fingerprint density at radius 3 is 1.31 bits per heavy atom. The summed E-state index contributed by atoms with van der Waals surface area (Å²) in [6.45, 7) is 4.49. The fraction of sp³-hybridized carbons (Fsp3) is 0.0417. The molecule has 9 rings (SSSR count). The minimum atomic E-state index is 1.25. The van der Waals surface area contributed by atoms with Crippen LogP contribution < -0.4 is 0 Å². The van der Waals surface area contributed by atoms with Gasteiger partial charge in [0.2, 0.25) is 0 Å². The summed E-state index contributed by atoms with van der Waals surface area (Å²) in [4.78, 5) is 0. The van der Waals surface area contributed by atoms with Gasteiger partial charge in [-0.25, -0.2) is 0 Å². The molecule has 0 aliphatic heterocycles. The lowest BCUT2D eigenvalue weighted by Crippen LogP contribution is -1.93. The van der Waals surface area contributed by atoms with E-state index in [0.29, 0.717) is 0 Å². The van der Waals surface area contributed by atoms with Crippen molar-refractivity contribution in [2.45, 2.75) is 13.8 Å². The van der Waals surface area contributed by atoms with Crippen LogP contribution >= 0.6 is 0 Å². The van der Waals surface area contributed by atoms with Gasteiger partial charge >= 0.3 is 0 Å². The summed E-state index contributed by atoms with van der Waals surface area (Å²) in [5, 5.41) is 10.2. The number of aryl methyl sites for hydroxylation is 2. The van der Waals surface area contributed by atoms with Gasteiger partial charge in [-0.3, -0.25) is 0 Å². The first-order valence-corrected chi connectivity index (χ1v) is 16.8.